The number of rotatable bonds is 8. The van der Waals surface area contributed by atoms with Crippen LogP contribution in [0.2, 0.25) is 0 Å². The van der Waals surface area contributed by atoms with Crippen LogP contribution in [-0.4, -0.2) is 51.9 Å². The van der Waals surface area contributed by atoms with Gasteiger partial charge in [-0.15, -0.1) is 11.3 Å². The second kappa shape index (κ2) is 11.3. The van der Waals surface area contributed by atoms with Crippen molar-refractivity contribution in [3.63, 3.8) is 0 Å². The molecule has 8 nitrogen and oxygen atoms in total. The highest BCUT2D eigenvalue weighted by Crippen LogP contribution is 2.34. The summed E-state index contributed by atoms with van der Waals surface area (Å²) in [6.45, 7) is 9.45. The second-order valence-corrected chi connectivity index (χ2v) is 9.06. The number of amides is 1. The largest absolute Gasteiger partial charge is 0.465 e. The highest BCUT2D eigenvalue weighted by atomic mass is 32.1. The first-order chi connectivity index (χ1) is 16.3. The molecule has 0 saturated carbocycles. The molecule has 2 heterocycles. The molecule has 0 aliphatic rings. The number of aryl methyl sites for hydroxylation is 1. The molecule has 0 bridgehead atoms. The summed E-state index contributed by atoms with van der Waals surface area (Å²) in [5.41, 5.74) is 3.25. The zero-order valence-corrected chi connectivity index (χ0v) is 21.6. The number of nitrogens with one attached hydrogen (secondary N) is 2. The second-order valence-electron chi connectivity index (χ2n) is 7.63. The number of thiocarbonyl (C=S) groups is 1. The van der Waals surface area contributed by atoms with Crippen LogP contribution in [0.4, 0.5) is 10.8 Å². The summed E-state index contributed by atoms with van der Waals surface area (Å²) in [6, 6.07) is 9.97. The minimum atomic E-state index is -0.528. The summed E-state index contributed by atoms with van der Waals surface area (Å²) >= 11 is 6.65. The molecule has 180 valence electrons. The van der Waals surface area contributed by atoms with E-state index in [1.165, 1.54) is 29.6 Å². The van der Waals surface area contributed by atoms with E-state index < -0.39 is 5.97 Å². The lowest BCUT2D eigenvalue weighted by Crippen LogP contribution is -2.30. The molecule has 3 aromatic rings. The van der Waals surface area contributed by atoms with Crippen LogP contribution in [0, 0.1) is 13.8 Å². The normalized spacial score (nSPS) is 10.6. The lowest BCUT2D eigenvalue weighted by atomic mass is 10.1. The van der Waals surface area contributed by atoms with E-state index in [0.29, 0.717) is 46.5 Å². The Balaban J connectivity index is 1.77. The third-order valence-electron chi connectivity index (χ3n) is 5.48. The van der Waals surface area contributed by atoms with Gasteiger partial charge in [0.05, 0.1) is 24.1 Å². The zero-order chi connectivity index (χ0) is 24.8. The Labute approximate surface area is 208 Å². The Bertz CT molecular complexity index is 1200. The monoisotopic (exact) mass is 499 g/mol. The van der Waals surface area contributed by atoms with Crippen LogP contribution in [-0.2, 0) is 11.3 Å². The average molecular weight is 500 g/mol. The molecule has 0 atom stereocenters. The van der Waals surface area contributed by atoms with Gasteiger partial charge in [-0.05, 0) is 56.6 Å². The molecule has 0 aliphatic heterocycles. The maximum Gasteiger partial charge on any atom is 0.341 e. The van der Waals surface area contributed by atoms with E-state index >= 15 is 0 Å². The van der Waals surface area contributed by atoms with Crippen molar-refractivity contribution >= 4 is 51.4 Å². The van der Waals surface area contributed by atoms with Crippen LogP contribution >= 0.6 is 23.6 Å². The zero-order valence-electron chi connectivity index (χ0n) is 20.0. The smallest absolute Gasteiger partial charge is 0.341 e. The van der Waals surface area contributed by atoms with Gasteiger partial charge in [0, 0.05) is 25.4 Å². The van der Waals surface area contributed by atoms with Crippen molar-refractivity contribution in [1.82, 2.24) is 14.7 Å². The SMILES string of the molecule is CCN(CC)C(=O)c1sc(NC(=S)Nc2ccn(Cc3ccccc3C)n2)c(C(=O)OC)c1C. The molecule has 1 aromatic carbocycles. The van der Waals surface area contributed by atoms with E-state index in [-0.39, 0.29) is 11.0 Å². The summed E-state index contributed by atoms with van der Waals surface area (Å²) < 4.78 is 6.78. The molecule has 10 heteroatoms. The number of ether oxygens (including phenoxy) is 1. The predicted molar refractivity (Wildman–Crippen MR) is 140 cm³/mol. The van der Waals surface area contributed by atoms with Crippen molar-refractivity contribution in [3.05, 3.63) is 63.7 Å². The number of nitrogens with zero attached hydrogens (tertiary/aromatic N) is 3. The van der Waals surface area contributed by atoms with E-state index in [1.807, 2.05) is 42.9 Å². The Morgan fingerprint density at radius 3 is 2.50 bits per heavy atom. The van der Waals surface area contributed by atoms with Gasteiger partial charge in [-0.1, -0.05) is 24.3 Å². The van der Waals surface area contributed by atoms with Gasteiger partial charge >= 0.3 is 5.97 Å². The van der Waals surface area contributed by atoms with Gasteiger partial charge in [-0.25, -0.2) is 4.79 Å². The quantitative estimate of drug-likeness (QED) is 0.343. The van der Waals surface area contributed by atoms with Gasteiger partial charge in [0.15, 0.2) is 10.9 Å². The van der Waals surface area contributed by atoms with Gasteiger partial charge in [-0.2, -0.15) is 5.10 Å². The summed E-state index contributed by atoms with van der Waals surface area (Å²) in [5, 5.41) is 11.3. The van der Waals surface area contributed by atoms with Gasteiger partial charge in [-0.3, -0.25) is 9.48 Å². The molecule has 34 heavy (non-hydrogen) atoms. The van der Waals surface area contributed by atoms with Gasteiger partial charge in [0.1, 0.15) is 5.00 Å². The maximum atomic E-state index is 13.0. The molecule has 0 spiro atoms. The molecule has 2 N–H and O–H groups in total. The van der Waals surface area contributed by atoms with Crippen LogP contribution in [0.5, 0.6) is 0 Å². The number of hydrogen-bond acceptors (Lipinski definition) is 6. The predicted octanol–water partition coefficient (Wildman–Crippen LogP) is 4.69. The Kier molecular flexibility index (Phi) is 8.41. The average Bonchev–Trinajstić information content (AvgIpc) is 3.38. The summed E-state index contributed by atoms with van der Waals surface area (Å²) in [5.74, 6) is -0.0851. The topological polar surface area (TPSA) is 88.5 Å². The lowest BCUT2D eigenvalue weighted by Gasteiger charge is -2.17. The van der Waals surface area contributed by atoms with Gasteiger partial charge in [0.2, 0.25) is 0 Å². The van der Waals surface area contributed by atoms with Crippen LogP contribution in [0.15, 0.2) is 36.5 Å². The van der Waals surface area contributed by atoms with Crippen LogP contribution in [0.25, 0.3) is 0 Å². The standard InChI is InChI=1S/C24H29N5O3S2/c1-6-28(7-2)22(30)20-16(4)19(23(31)32-5)21(34-20)26-24(33)25-18-12-13-29(27-18)14-17-11-9-8-10-15(17)3/h8-13H,6-7,14H2,1-5H3,(H2,25,26,27,33). The molecular formula is C24H29N5O3S2. The first kappa shape index (κ1) is 25.4. The maximum absolute atomic E-state index is 13.0. The van der Waals surface area contributed by atoms with Crippen molar-refractivity contribution in [2.24, 2.45) is 0 Å². The van der Waals surface area contributed by atoms with Crippen LogP contribution in [0.3, 0.4) is 0 Å². The Morgan fingerprint density at radius 1 is 1.15 bits per heavy atom. The molecule has 2 aromatic heterocycles. The fraction of sp³-hybridized carbons (Fsp3) is 0.333. The first-order valence-electron chi connectivity index (χ1n) is 11.0. The highest BCUT2D eigenvalue weighted by Gasteiger charge is 2.27. The van der Waals surface area contributed by atoms with Crippen LogP contribution < -0.4 is 10.6 Å². The van der Waals surface area contributed by atoms with E-state index in [2.05, 4.69) is 34.8 Å². The van der Waals surface area contributed by atoms with E-state index in [9.17, 15) is 9.59 Å². The van der Waals surface area contributed by atoms with Crippen molar-refractivity contribution in [2.45, 2.75) is 34.2 Å². The minimum absolute atomic E-state index is 0.125. The number of carbonyl (C=O) groups excluding carboxylic acids is 2. The third kappa shape index (κ3) is 5.63. The first-order valence-corrected chi connectivity index (χ1v) is 12.2. The van der Waals surface area contributed by atoms with Crippen molar-refractivity contribution < 1.29 is 14.3 Å². The van der Waals surface area contributed by atoms with Crippen molar-refractivity contribution in [2.75, 3.05) is 30.8 Å². The Hall–Kier alpha value is -3.24. The molecule has 0 aliphatic carbocycles. The third-order valence-corrected chi connectivity index (χ3v) is 6.88. The number of esters is 1. The van der Waals surface area contributed by atoms with Crippen molar-refractivity contribution in [1.29, 1.82) is 0 Å². The number of hydrogen-bond donors (Lipinski definition) is 2. The summed E-state index contributed by atoms with van der Waals surface area (Å²) in [6.07, 6.45) is 1.87. The molecule has 0 saturated heterocycles. The molecular weight excluding hydrogens is 470 g/mol. The summed E-state index contributed by atoms with van der Waals surface area (Å²) in [7, 11) is 1.31. The molecule has 1 amide bonds. The Morgan fingerprint density at radius 2 is 1.85 bits per heavy atom. The number of carbonyl (C=O) groups is 2. The fourth-order valence-corrected chi connectivity index (χ4v) is 4.98. The fourth-order valence-electron chi connectivity index (χ4n) is 3.54. The van der Waals surface area contributed by atoms with Gasteiger partial charge in [0.25, 0.3) is 5.91 Å². The molecule has 0 unspecified atom stereocenters. The molecule has 3 rings (SSSR count). The van der Waals surface area contributed by atoms with E-state index in [1.54, 1.807) is 11.8 Å². The molecule has 0 fully saturated rings. The number of aromatic nitrogens is 2. The van der Waals surface area contributed by atoms with E-state index in [0.717, 1.165) is 0 Å². The van der Waals surface area contributed by atoms with Crippen LogP contribution in [0.1, 0.15) is 50.6 Å². The summed E-state index contributed by atoms with van der Waals surface area (Å²) in [4.78, 5) is 27.6. The molecule has 0 radical (unpaired) electrons. The number of benzene rings is 1. The van der Waals surface area contributed by atoms with E-state index in [4.69, 9.17) is 17.0 Å². The number of anilines is 2. The highest BCUT2D eigenvalue weighted by molar-refractivity contribution is 7.80. The minimum Gasteiger partial charge on any atom is -0.465 e. The van der Waals surface area contributed by atoms with Gasteiger partial charge < -0.3 is 20.3 Å². The number of thiophene rings is 1. The number of methoxy groups -OCH3 is 1. The lowest BCUT2D eigenvalue weighted by molar-refractivity contribution is 0.0601. The van der Waals surface area contributed by atoms with Crippen molar-refractivity contribution in [3.8, 4) is 0 Å².